The van der Waals surface area contributed by atoms with Gasteiger partial charge in [0, 0.05) is 18.7 Å². The summed E-state index contributed by atoms with van der Waals surface area (Å²) < 4.78 is 27.4. The number of hydrogen-bond acceptors (Lipinski definition) is 5. The summed E-state index contributed by atoms with van der Waals surface area (Å²) in [4.78, 5) is 38.3. The van der Waals surface area contributed by atoms with Gasteiger partial charge in [-0.1, -0.05) is 36.4 Å². The van der Waals surface area contributed by atoms with Crippen molar-refractivity contribution in [3.63, 3.8) is 0 Å². The van der Waals surface area contributed by atoms with Crippen LogP contribution < -0.4 is 10.0 Å². The molecule has 8 nitrogen and oxygen atoms in total. The quantitative estimate of drug-likeness (QED) is 0.538. The fourth-order valence-electron chi connectivity index (χ4n) is 3.35. The van der Waals surface area contributed by atoms with E-state index in [-0.39, 0.29) is 23.5 Å². The Morgan fingerprint density at radius 1 is 0.781 bits per heavy atom. The highest BCUT2D eigenvalue weighted by Gasteiger charge is 2.34. The number of nitrogens with one attached hydrogen (secondary N) is 2. The summed E-state index contributed by atoms with van der Waals surface area (Å²) in [5.74, 6) is -1.25. The molecule has 0 unspecified atom stereocenters. The van der Waals surface area contributed by atoms with Gasteiger partial charge in [-0.15, -0.1) is 0 Å². The Labute approximate surface area is 184 Å². The fourth-order valence-corrected chi connectivity index (χ4v) is 4.42. The van der Waals surface area contributed by atoms with Crippen LogP contribution in [0, 0.1) is 0 Å². The first kappa shape index (κ1) is 21.3. The van der Waals surface area contributed by atoms with Crippen molar-refractivity contribution in [1.82, 2.24) is 4.90 Å². The largest absolute Gasteiger partial charge is 0.326 e. The van der Waals surface area contributed by atoms with Crippen LogP contribution in [0.25, 0.3) is 0 Å². The molecule has 1 aliphatic rings. The smallest absolute Gasteiger partial charge is 0.261 e. The molecule has 32 heavy (non-hydrogen) atoms. The number of rotatable bonds is 7. The molecule has 0 fully saturated rings. The van der Waals surface area contributed by atoms with Crippen LogP contribution in [-0.4, -0.2) is 37.6 Å². The van der Waals surface area contributed by atoms with Crippen molar-refractivity contribution in [1.29, 1.82) is 0 Å². The van der Waals surface area contributed by atoms with Gasteiger partial charge in [-0.05, 0) is 42.5 Å². The third-order valence-electron chi connectivity index (χ3n) is 4.89. The van der Waals surface area contributed by atoms with Gasteiger partial charge in [0.1, 0.15) is 0 Å². The summed E-state index contributed by atoms with van der Waals surface area (Å²) in [7, 11) is -3.76. The lowest BCUT2D eigenvalue weighted by molar-refractivity contribution is -0.116. The molecule has 0 saturated carbocycles. The van der Waals surface area contributed by atoms with Crippen LogP contribution >= 0.6 is 0 Å². The number of nitrogens with zero attached hydrogens (tertiary/aromatic N) is 1. The molecule has 0 spiro atoms. The highest BCUT2D eigenvalue weighted by molar-refractivity contribution is 7.92. The molecule has 1 aliphatic heterocycles. The van der Waals surface area contributed by atoms with E-state index in [4.69, 9.17) is 0 Å². The van der Waals surface area contributed by atoms with Gasteiger partial charge in [0.15, 0.2) is 0 Å². The third-order valence-corrected chi connectivity index (χ3v) is 6.29. The number of imide groups is 1. The highest BCUT2D eigenvalue weighted by atomic mass is 32.2. The van der Waals surface area contributed by atoms with Crippen LogP contribution in [0.15, 0.2) is 83.8 Å². The van der Waals surface area contributed by atoms with Crippen LogP contribution in [0.5, 0.6) is 0 Å². The van der Waals surface area contributed by atoms with Gasteiger partial charge in [-0.25, -0.2) is 8.42 Å². The zero-order valence-electron chi connectivity index (χ0n) is 16.8. The van der Waals surface area contributed by atoms with E-state index in [1.54, 1.807) is 60.7 Å². The minimum Gasteiger partial charge on any atom is -0.326 e. The van der Waals surface area contributed by atoms with Crippen molar-refractivity contribution >= 4 is 39.1 Å². The first-order chi connectivity index (χ1) is 15.3. The highest BCUT2D eigenvalue weighted by Crippen LogP contribution is 2.23. The summed E-state index contributed by atoms with van der Waals surface area (Å²) in [6.45, 7) is -0.0570. The molecule has 3 aromatic rings. The Morgan fingerprint density at radius 2 is 1.38 bits per heavy atom. The topological polar surface area (TPSA) is 113 Å². The second-order valence-electron chi connectivity index (χ2n) is 7.11. The lowest BCUT2D eigenvalue weighted by Gasteiger charge is -2.14. The number of hydrogen-bond donors (Lipinski definition) is 2. The average molecular weight is 449 g/mol. The predicted molar refractivity (Wildman–Crippen MR) is 119 cm³/mol. The number of fused-ring (bicyclic) bond motifs is 1. The molecule has 0 bridgehead atoms. The third kappa shape index (κ3) is 4.37. The Balaban J connectivity index is 1.38. The second-order valence-corrected chi connectivity index (χ2v) is 8.79. The molecule has 0 aromatic heterocycles. The zero-order valence-corrected chi connectivity index (χ0v) is 17.6. The second kappa shape index (κ2) is 8.64. The van der Waals surface area contributed by atoms with Crippen LogP contribution in [-0.2, 0) is 14.8 Å². The molecule has 2 N–H and O–H groups in total. The molecule has 0 atom stereocenters. The van der Waals surface area contributed by atoms with Crippen molar-refractivity contribution in [2.45, 2.75) is 11.3 Å². The van der Waals surface area contributed by atoms with Crippen LogP contribution in [0.4, 0.5) is 11.4 Å². The van der Waals surface area contributed by atoms with Gasteiger partial charge in [0.05, 0.1) is 21.7 Å². The number of anilines is 2. The van der Waals surface area contributed by atoms with Gasteiger partial charge in [0.2, 0.25) is 5.91 Å². The summed E-state index contributed by atoms with van der Waals surface area (Å²) in [5.41, 5.74) is 1.32. The number of sulfonamides is 1. The fraction of sp³-hybridized carbons (Fsp3) is 0.0870. The first-order valence-corrected chi connectivity index (χ1v) is 11.3. The minimum atomic E-state index is -3.76. The Hall–Kier alpha value is -3.98. The van der Waals surface area contributed by atoms with E-state index in [1.165, 1.54) is 18.2 Å². The molecule has 162 valence electrons. The molecular formula is C23H19N3O5S. The van der Waals surface area contributed by atoms with Gasteiger partial charge in [-0.2, -0.15) is 0 Å². The lowest BCUT2D eigenvalue weighted by Crippen LogP contribution is -2.32. The molecule has 4 rings (SSSR count). The maximum absolute atomic E-state index is 12.5. The van der Waals surface area contributed by atoms with E-state index in [9.17, 15) is 22.8 Å². The van der Waals surface area contributed by atoms with Crippen LogP contribution in [0.2, 0.25) is 0 Å². The van der Waals surface area contributed by atoms with Gasteiger partial charge in [-0.3, -0.25) is 24.0 Å². The van der Waals surface area contributed by atoms with Crippen molar-refractivity contribution in [3.8, 4) is 0 Å². The normalized spacial score (nSPS) is 13.1. The molecule has 3 aromatic carbocycles. The Kier molecular flexibility index (Phi) is 5.74. The Bertz CT molecular complexity index is 1270. The molecule has 0 saturated heterocycles. The van der Waals surface area contributed by atoms with Crippen LogP contribution in [0.3, 0.4) is 0 Å². The number of benzene rings is 3. The number of carbonyl (C=O) groups excluding carboxylic acids is 3. The summed E-state index contributed by atoms with van der Waals surface area (Å²) in [6.07, 6.45) is -0.0918. The SMILES string of the molecule is O=C(CCN1C(=O)c2ccccc2C1=O)Nc1cccc(NS(=O)(=O)c2ccccc2)c1. The van der Waals surface area contributed by atoms with Crippen molar-refractivity contribution in [2.24, 2.45) is 0 Å². The summed E-state index contributed by atoms with van der Waals surface area (Å²) in [6, 6.07) is 20.7. The van der Waals surface area contributed by atoms with Crippen molar-refractivity contribution in [3.05, 3.63) is 90.0 Å². The molecule has 0 aliphatic carbocycles. The number of carbonyl (C=O) groups is 3. The van der Waals surface area contributed by atoms with Crippen LogP contribution in [0.1, 0.15) is 27.1 Å². The number of amides is 3. The van der Waals surface area contributed by atoms with E-state index in [0.29, 0.717) is 16.8 Å². The predicted octanol–water partition coefficient (Wildman–Crippen LogP) is 3.11. The monoisotopic (exact) mass is 449 g/mol. The lowest BCUT2D eigenvalue weighted by atomic mass is 10.1. The zero-order chi connectivity index (χ0) is 22.7. The average Bonchev–Trinajstić information content (AvgIpc) is 3.03. The van der Waals surface area contributed by atoms with Gasteiger partial charge < -0.3 is 5.32 Å². The molecule has 1 heterocycles. The summed E-state index contributed by atoms with van der Waals surface area (Å²) in [5, 5.41) is 2.66. The Morgan fingerprint density at radius 3 is 2.03 bits per heavy atom. The molecule has 0 radical (unpaired) electrons. The molecular weight excluding hydrogens is 430 g/mol. The standard InChI is InChI=1S/C23H19N3O5S/c27-21(13-14-26-22(28)19-11-4-5-12-20(19)23(26)29)24-16-7-6-8-17(15-16)25-32(30,31)18-9-2-1-3-10-18/h1-12,15,25H,13-14H2,(H,24,27). The molecule has 9 heteroatoms. The van der Waals surface area contributed by atoms with E-state index < -0.39 is 27.7 Å². The van der Waals surface area contributed by atoms with Gasteiger partial charge in [0.25, 0.3) is 21.8 Å². The van der Waals surface area contributed by atoms with E-state index in [0.717, 1.165) is 4.90 Å². The minimum absolute atomic E-state index is 0.0570. The maximum atomic E-state index is 12.5. The maximum Gasteiger partial charge on any atom is 0.261 e. The van der Waals surface area contributed by atoms with E-state index in [2.05, 4.69) is 10.0 Å². The van der Waals surface area contributed by atoms with Crippen molar-refractivity contribution < 1.29 is 22.8 Å². The molecule has 3 amide bonds. The van der Waals surface area contributed by atoms with Crippen molar-refractivity contribution in [2.75, 3.05) is 16.6 Å². The van der Waals surface area contributed by atoms with E-state index >= 15 is 0 Å². The summed E-state index contributed by atoms with van der Waals surface area (Å²) >= 11 is 0. The van der Waals surface area contributed by atoms with E-state index in [1.807, 2.05) is 0 Å². The van der Waals surface area contributed by atoms with Gasteiger partial charge >= 0.3 is 0 Å². The first-order valence-electron chi connectivity index (χ1n) is 9.78.